The third-order valence-corrected chi connectivity index (χ3v) is 5.68. The van der Waals surface area contributed by atoms with E-state index in [-0.39, 0.29) is 22.8 Å². The van der Waals surface area contributed by atoms with Crippen LogP contribution in [0.2, 0.25) is 0 Å². The van der Waals surface area contributed by atoms with Crippen LogP contribution in [0.3, 0.4) is 0 Å². The summed E-state index contributed by atoms with van der Waals surface area (Å²) in [4.78, 5) is 21.6. The van der Waals surface area contributed by atoms with Gasteiger partial charge in [-0.1, -0.05) is 12.1 Å². The van der Waals surface area contributed by atoms with E-state index in [1.807, 2.05) is 24.3 Å². The summed E-state index contributed by atoms with van der Waals surface area (Å²) in [5.74, 6) is 0.667. The standard InChI is InChI=1S/C26H30FN5O/c1-25(2)15-21(16-26(3,4)32-25)29-22-12-13-28-23(31-22)18-6-5-7-20(14-18)30-24(33)17-8-10-19(27)11-9-17/h5-14,21,32H,15-16H2,1-4H3,(H,30,33)(H,28,29,31). The van der Waals surface area contributed by atoms with Gasteiger partial charge < -0.3 is 16.0 Å². The zero-order valence-electron chi connectivity index (χ0n) is 19.4. The van der Waals surface area contributed by atoms with E-state index < -0.39 is 0 Å². The van der Waals surface area contributed by atoms with E-state index in [9.17, 15) is 9.18 Å². The van der Waals surface area contributed by atoms with Gasteiger partial charge in [0.25, 0.3) is 5.91 Å². The lowest BCUT2D eigenvalue weighted by Crippen LogP contribution is -2.60. The number of aromatic nitrogens is 2. The highest BCUT2D eigenvalue weighted by Gasteiger charge is 2.37. The van der Waals surface area contributed by atoms with Crippen LogP contribution in [0.5, 0.6) is 0 Å². The number of halogens is 1. The third-order valence-electron chi connectivity index (χ3n) is 5.68. The fourth-order valence-corrected chi connectivity index (χ4v) is 4.75. The highest BCUT2D eigenvalue weighted by Crippen LogP contribution is 2.30. The highest BCUT2D eigenvalue weighted by molar-refractivity contribution is 6.04. The first kappa shape index (κ1) is 22.9. The normalized spacial score (nSPS) is 17.4. The second-order valence-corrected chi connectivity index (χ2v) is 9.95. The Morgan fingerprint density at radius 1 is 1.03 bits per heavy atom. The number of rotatable bonds is 5. The number of nitrogens with one attached hydrogen (secondary N) is 3. The molecule has 2 aromatic carbocycles. The van der Waals surface area contributed by atoms with Crippen LogP contribution < -0.4 is 16.0 Å². The number of benzene rings is 2. The van der Waals surface area contributed by atoms with Gasteiger partial charge in [0.05, 0.1) is 0 Å². The lowest BCUT2D eigenvalue weighted by molar-refractivity contribution is 0.102. The molecular weight excluding hydrogens is 417 g/mol. The molecule has 2 heterocycles. The number of hydrogen-bond donors (Lipinski definition) is 3. The number of piperidine rings is 1. The van der Waals surface area contributed by atoms with Crippen LogP contribution in [-0.4, -0.2) is 33.0 Å². The molecule has 172 valence electrons. The second-order valence-electron chi connectivity index (χ2n) is 9.95. The lowest BCUT2D eigenvalue weighted by atomic mass is 9.79. The zero-order chi connectivity index (χ0) is 23.6. The minimum Gasteiger partial charge on any atom is -0.367 e. The van der Waals surface area contributed by atoms with Crippen LogP contribution >= 0.6 is 0 Å². The predicted octanol–water partition coefficient (Wildman–Crippen LogP) is 5.26. The molecule has 3 aromatic rings. The van der Waals surface area contributed by atoms with Crippen molar-refractivity contribution in [2.75, 3.05) is 10.6 Å². The van der Waals surface area contributed by atoms with E-state index in [1.165, 1.54) is 24.3 Å². The SMILES string of the molecule is CC1(C)CC(Nc2ccnc(-c3cccc(NC(=O)c4ccc(F)cc4)c3)n2)CC(C)(C)N1. The van der Waals surface area contributed by atoms with Crippen molar-refractivity contribution < 1.29 is 9.18 Å². The summed E-state index contributed by atoms with van der Waals surface area (Å²) >= 11 is 0. The Kier molecular flexibility index (Phi) is 6.17. The Hall–Kier alpha value is -3.32. The smallest absolute Gasteiger partial charge is 0.255 e. The molecule has 6 nitrogen and oxygen atoms in total. The molecule has 4 rings (SSSR count). The van der Waals surface area contributed by atoms with Gasteiger partial charge in [0.15, 0.2) is 5.82 Å². The Bertz CT molecular complexity index is 1130. The van der Waals surface area contributed by atoms with Crippen molar-refractivity contribution in [3.05, 3.63) is 72.2 Å². The van der Waals surface area contributed by atoms with Crippen molar-refractivity contribution in [2.45, 2.75) is 57.7 Å². The van der Waals surface area contributed by atoms with E-state index in [0.29, 0.717) is 23.1 Å². The first-order valence-corrected chi connectivity index (χ1v) is 11.1. The molecule has 0 aliphatic carbocycles. The largest absolute Gasteiger partial charge is 0.367 e. The molecular formula is C26H30FN5O. The summed E-state index contributed by atoms with van der Waals surface area (Å²) in [6, 6.07) is 15.0. The number of carbonyl (C=O) groups is 1. The van der Waals surface area contributed by atoms with Gasteiger partial charge in [0, 0.05) is 40.1 Å². The first-order chi connectivity index (χ1) is 15.6. The molecule has 0 unspecified atom stereocenters. The van der Waals surface area contributed by atoms with E-state index in [1.54, 1.807) is 12.3 Å². The molecule has 1 amide bonds. The maximum absolute atomic E-state index is 13.1. The van der Waals surface area contributed by atoms with Crippen LogP contribution in [0, 0.1) is 5.82 Å². The summed E-state index contributed by atoms with van der Waals surface area (Å²) < 4.78 is 13.1. The summed E-state index contributed by atoms with van der Waals surface area (Å²) in [5.41, 5.74) is 1.86. The Balaban J connectivity index is 1.49. The number of hydrogen-bond acceptors (Lipinski definition) is 5. The summed E-state index contributed by atoms with van der Waals surface area (Å²) in [6.45, 7) is 8.89. The van der Waals surface area contributed by atoms with Crippen molar-refractivity contribution in [1.82, 2.24) is 15.3 Å². The van der Waals surface area contributed by atoms with Gasteiger partial charge in [-0.3, -0.25) is 4.79 Å². The molecule has 1 aliphatic heterocycles. The monoisotopic (exact) mass is 447 g/mol. The van der Waals surface area contributed by atoms with Gasteiger partial charge >= 0.3 is 0 Å². The topological polar surface area (TPSA) is 78.9 Å². The molecule has 33 heavy (non-hydrogen) atoms. The third kappa shape index (κ3) is 5.93. The maximum Gasteiger partial charge on any atom is 0.255 e. The van der Waals surface area contributed by atoms with Gasteiger partial charge in [-0.05, 0) is 83.0 Å². The van der Waals surface area contributed by atoms with Crippen LogP contribution in [-0.2, 0) is 0 Å². The summed E-state index contributed by atoms with van der Waals surface area (Å²) in [5, 5.41) is 10.1. The molecule has 1 aliphatic rings. The molecule has 0 atom stereocenters. The van der Waals surface area contributed by atoms with Gasteiger partial charge in [0.1, 0.15) is 11.6 Å². The summed E-state index contributed by atoms with van der Waals surface area (Å²) in [7, 11) is 0. The van der Waals surface area contributed by atoms with E-state index in [2.05, 4.69) is 48.6 Å². The van der Waals surface area contributed by atoms with Gasteiger partial charge in [-0.15, -0.1) is 0 Å². The van der Waals surface area contributed by atoms with Crippen LogP contribution in [0.25, 0.3) is 11.4 Å². The van der Waals surface area contributed by atoms with Crippen molar-refractivity contribution >= 4 is 17.4 Å². The molecule has 7 heteroatoms. The fraction of sp³-hybridized carbons (Fsp3) is 0.346. The number of nitrogens with zero attached hydrogens (tertiary/aromatic N) is 2. The van der Waals surface area contributed by atoms with Gasteiger partial charge in [-0.2, -0.15) is 0 Å². The van der Waals surface area contributed by atoms with Gasteiger partial charge in [0.2, 0.25) is 0 Å². The molecule has 0 spiro atoms. The Morgan fingerprint density at radius 3 is 2.42 bits per heavy atom. The highest BCUT2D eigenvalue weighted by atomic mass is 19.1. The van der Waals surface area contributed by atoms with Gasteiger partial charge in [-0.25, -0.2) is 14.4 Å². The first-order valence-electron chi connectivity index (χ1n) is 11.1. The number of anilines is 2. The van der Waals surface area contributed by atoms with Crippen molar-refractivity contribution in [1.29, 1.82) is 0 Å². The Labute approximate surface area is 194 Å². The number of carbonyl (C=O) groups excluding carboxylic acids is 1. The van der Waals surface area contributed by atoms with Crippen LogP contribution in [0.4, 0.5) is 15.9 Å². The van der Waals surface area contributed by atoms with E-state index in [0.717, 1.165) is 24.2 Å². The average Bonchev–Trinajstić information content (AvgIpc) is 2.72. The van der Waals surface area contributed by atoms with Crippen molar-refractivity contribution in [3.8, 4) is 11.4 Å². The van der Waals surface area contributed by atoms with Crippen molar-refractivity contribution in [2.24, 2.45) is 0 Å². The minimum atomic E-state index is -0.379. The molecule has 1 aromatic heterocycles. The molecule has 1 saturated heterocycles. The average molecular weight is 448 g/mol. The molecule has 3 N–H and O–H groups in total. The quantitative estimate of drug-likeness (QED) is 0.497. The van der Waals surface area contributed by atoms with E-state index >= 15 is 0 Å². The zero-order valence-corrected chi connectivity index (χ0v) is 19.4. The molecule has 1 fully saturated rings. The Morgan fingerprint density at radius 2 is 1.73 bits per heavy atom. The van der Waals surface area contributed by atoms with E-state index in [4.69, 9.17) is 4.98 Å². The minimum absolute atomic E-state index is 0.0341. The predicted molar refractivity (Wildman–Crippen MR) is 130 cm³/mol. The molecule has 0 bridgehead atoms. The van der Waals surface area contributed by atoms with Crippen LogP contribution in [0.15, 0.2) is 60.8 Å². The second kappa shape index (κ2) is 8.90. The summed E-state index contributed by atoms with van der Waals surface area (Å²) in [6.07, 6.45) is 3.72. The van der Waals surface area contributed by atoms with Crippen molar-refractivity contribution in [3.63, 3.8) is 0 Å². The van der Waals surface area contributed by atoms with Crippen LogP contribution in [0.1, 0.15) is 50.9 Å². The maximum atomic E-state index is 13.1. The molecule has 0 radical (unpaired) electrons. The molecule has 0 saturated carbocycles. The lowest BCUT2D eigenvalue weighted by Gasteiger charge is -2.46. The fourth-order valence-electron chi connectivity index (χ4n) is 4.75. The number of amides is 1.